The molecule has 2 rings (SSSR count). The van der Waals surface area contributed by atoms with E-state index < -0.39 is 12.0 Å². The van der Waals surface area contributed by atoms with E-state index in [9.17, 15) is 14.7 Å². The molecule has 2 amide bonds. The van der Waals surface area contributed by atoms with Crippen LogP contribution in [0.5, 0.6) is 0 Å². The topological polar surface area (TPSA) is 111 Å². The van der Waals surface area contributed by atoms with Gasteiger partial charge in [-0.25, -0.2) is 9.97 Å². The molecule has 1 aromatic heterocycles. The van der Waals surface area contributed by atoms with Crippen molar-refractivity contribution >= 4 is 23.5 Å². The average molecular weight is 308 g/mol. The molecule has 0 saturated carbocycles. The van der Waals surface area contributed by atoms with Gasteiger partial charge in [-0.15, -0.1) is 0 Å². The fraction of sp³-hybridized carbons (Fsp3) is 0.538. The summed E-state index contributed by atoms with van der Waals surface area (Å²) in [6.07, 6.45) is 0.223. The molecule has 0 radical (unpaired) electrons. The summed E-state index contributed by atoms with van der Waals surface area (Å²) in [4.78, 5) is 34.7. The number of carbonyl (C=O) groups excluding carboxylic acids is 2. The fourth-order valence-electron chi connectivity index (χ4n) is 2.03. The normalized spacial score (nSPS) is 16.4. The number of rotatable bonds is 5. The lowest BCUT2D eigenvalue weighted by atomic mass is 10.3. The molecular weight excluding hydrogens is 288 g/mol. The summed E-state index contributed by atoms with van der Waals surface area (Å²) in [5.74, 6) is 0.688. The molecule has 2 heterocycles. The Bertz CT molecular complexity index is 552. The molecule has 9 heteroatoms. The van der Waals surface area contributed by atoms with Crippen LogP contribution in [0.2, 0.25) is 0 Å². The van der Waals surface area contributed by atoms with Crippen molar-refractivity contribution in [1.82, 2.24) is 20.2 Å². The van der Waals surface area contributed by atoms with E-state index in [1.165, 1.54) is 13.4 Å². The summed E-state index contributed by atoms with van der Waals surface area (Å²) in [5.41, 5.74) is 0. The molecule has 1 fully saturated rings. The Morgan fingerprint density at radius 3 is 2.91 bits per heavy atom. The van der Waals surface area contributed by atoms with Crippen molar-refractivity contribution in [2.75, 3.05) is 50.5 Å². The Morgan fingerprint density at radius 2 is 2.23 bits per heavy atom. The standard InChI is InChI=1S/C13H20N6O3/c1-14-13(22)9(20)6-15-10-5-11(17-8-16-10)19-4-3-18(2)12(21)7-19/h5,8-9,20H,3-4,6-7H2,1-2H3,(H,14,22)(H,15,16,17). The molecule has 1 aliphatic heterocycles. The van der Waals surface area contributed by atoms with Crippen LogP contribution in [0.4, 0.5) is 11.6 Å². The summed E-state index contributed by atoms with van der Waals surface area (Å²) < 4.78 is 0. The highest BCUT2D eigenvalue weighted by molar-refractivity contribution is 5.82. The Morgan fingerprint density at radius 1 is 1.45 bits per heavy atom. The van der Waals surface area contributed by atoms with Gasteiger partial charge in [-0.2, -0.15) is 0 Å². The van der Waals surface area contributed by atoms with Crippen molar-refractivity contribution in [3.8, 4) is 0 Å². The third kappa shape index (κ3) is 3.82. The largest absolute Gasteiger partial charge is 0.381 e. The lowest BCUT2D eigenvalue weighted by Gasteiger charge is -2.32. The van der Waals surface area contributed by atoms with Gasteiger partial charge in [-0.1, -0.05) is 0 Å². The number of aromatic nitrogens is 2. The van der Waals surface area contributed by atoms with E-state index in [0.29, 0.717) is 24.7 Å². The Labute approximate surface area is 128 Å². The highest BCUT2D eigenvalue weighted by Gasteiger charge is 2.22. The van der Waals surface area contributed by atoms with Crippen molar-refractivity contribution in [2.45, 2.75) is 6.10 Å². The number of hydrogen-bond acceptors (Lipinski definition) is 7. The van der Waals surface area contributed by atoms with Crippen molar-refractivity contribution in [3.63, 3.8) is 0 Å². The molecule has 0 bridgehead atoms. The van der Waals surface area contributed by atoms with Gasteiger partial charge in [0.1, 0.15) is 24.1 Å². The maximum atomic E-state index is 11.7. The number of hydrogen-bond donors (Lipinski definition) is 3. The molecule has 1 saturated heterocycles. The van der Waals surface area contributed by atoms with Crippen molar-refractivity contribution in [2.24, 2.45) is 0 Å². The predicted octanol–water partition coefficient (Wildman–Crippen LogP) is -1.73. The van der Waals surface area contributed by atoms with Crippen LogP contribution in [-0.4, -0.2) is 78.2 Å². The lowest BCUT2D eigenvalue weighted by molar-refractivity contribution is -0.129. The maximum Gasteiger partial charge on any atom is 0.250 e. The molecule has 1 atom stereocenters. The zero-order valence-corrected chi connectivity index (χ0v) is 12.6. The van der Waals surface area contributed by atoms with Gasteiger partial charge in [0, 0.05) is 33.3 Å². The van der Waals surface area contributed by atoms with E-state index >= 15 is 0 Å². The second-order valence-corrected chi connectivity index (χ2v) is 5.01. The van der Waals surface area contributed by atoms with Crippen LogP contribution in [0.15, 0.2) is 12.4 Å². The van der Waals surface area contributed by atoms with Crippen molar-refractivity contribution in [1.29, 1.82) is 0 Å². The monoisotopic (exact) mass is 308 g/mol. The SMILES string of the molecule is CNC(=O)C(O)CNc1cc(N2CCN(C)C(=O)C2)ncn1. The summed E-state index contributed by atoms with van der Waals surface area (Å²) in [6.45, 7) is 1.64. The van der Waals surface area contributed by atoms with Gasteiger partial charge >= 0.3 is 0 Å². The molecule has 0 aliphatic carbocycles. The first-order valence-corrected chi connectivity index (χ1v) is 6.95. The number of likely N-dealkylation sites (N-methyl/N-ethyl adjacent to an activating group) is 2. The Hall–Kier alpha value is -2.42. The quantitative estimate of drug-likeness (QED) is 0.593. The molecule has 9 nitrogen and oxygen atoms in total. The third-order valence-corrected chi connectivity index (χ3v) is 3.46. The maximum absolute atomic E-state index is 11.7. The summed E-state index contributed by atoms with van der Waals surface area (Å²) in [6, 6.07) is 1.69. The number of amides is 2. The van der Waals surface area contributed by atoms with Gasteiger partial charge in [0.15, 0.2) is 0 Å². The number of nitrogens with zero attached hydrogens (tertiary/aromatic N) is 4. The van der Waals surface area contributed by atoms with Gasteiger partial charge in [-0.3, -0.25) is 9.59 Å². The van der Waals surface area contributed by atoms with Gasteiger partial charge in [0.25, 0.3) is 0 Å². The van der Waals surface area contributed by atoms with Crippen LogP contribution >= 0.6 is 0 Å². The van der Waals surface area contributed by atoms with E-state index in [1.807, 2.05) is 4.90 Å². The third-order valence-electron chi connectivity index (χ3n) is 3.46. The van der Waals surface area contributed by atoms with Crippen LogP contribution < -0.4 is 15.5 Å². The number of carbonyl (C=O) groups is 2. The minimum atomic E-state index is -1.16. The summed E-state index contributed by atoms with van der Waals surface area (Å²) >= 11 is 0. The molecule has 1 unspecified atom stereocenters. The number of aliphatic hydroxyl groups is 1. The number of aliphatic hydroxyl groups excluding tert-OH is 1. The lowest BCUT2D eigenvalue weighted by Crippen LogP contribution is -2.48. The Kier molecular flexibility index (Phi) is 5.10. The highest BCUT2D eigenvalue weighted by atomic mass is 16.3. The summed E-state index contributed by atoms with van der Waals surface area (Å²) in [7, 11) is 3.23. The zero-order valence-electron chi connectivity index (χ0n) is 12.6. The average Bonchev–Trinajstić information content (AvgIpc) is 2.54. The van der Waals surface area contributed by atoms with Crippen LogP contribution in [0, 0.1) is 0 Å². The van der Waals surface area contributed by atoms with Crippen molar-refractivity contribution in [3.05, 3.63) is 12.4 Å². The number of nitrogens with one attached hydrogen (secondary N) is 2. The van der Waals surface area contributed by atoms with Gasteiger partial charge in [0.05, 0.1) is 13.1 Å². The molecule has 0 aromatic carbocycles. The van der Waals surface area contributed by atoms with E-state index in [4.69, 9.17) is 0 Å². The summed E-state index contributed by atoms with van der Waals surface area (Å²) in [5, 5.41) is 14.8. The van der Waals surface area contributed by atoms with Gasteiger partial charge in [-0.05, 0) is 0 Å². The van der Waals surface area contributed by atoms with E-state index in [1.54, 1.807) is 18.0 Å². The molecule has 3 N–H and O–H groups in total. The molecule has 120 valence electrons. The number of piperazine rings is 1. The zero-order chi connectivity index (χ0) is 16.1. The van der Waals surface area contributed by atoms with E-state index in [2.05, 4.69) is 20.6 Å². The molecular formula is C13H20N6O3. The minimum Gasteiger partial charge on any atom is -0.381 e. The van der Waals surface area contributed by atoms with Crippen LogP contribution in [0.1, 0.15) is 0 Å². The van der Waals surface area contributed by atoms with Gasteiger partial charge in [0.2, 0.25) is 11.8 Å². The van der Waals surface area contributed by atoms with Crippen molar-refractivity contribution < 1.29 is 14.7 Å². The minimum absolute atomic E-state index is 0.0365. The molecule has 0 spiro atoms. The first kappa shape index (κ1) is 16.0. The molecule has 1 aromatic rings. The smallest absolute Gasteiger partial charge is 0.250 e. The first-order valence-electron chi connectivity index (χ1n) is 6.95. The second-order valence-electron chi connectivity index (χ2n) is 5.01. The van der Waals surface area contributed by atoms with E-state index in [0.717, 1.165) is 0 Å². The van der Waals surface area contributed by atoms with Crippen LogP contribution in [0.25, 0.3) is 0 Å². The second kappa shape index (κ2) is 7.03. The van der Waals surface area contributed by atoms with Gasteiger partial charge < -0.3 is 25.5 Å². The highest BCUT2D eigenvalue weighted by Crippen LogP contribution is 2.16. The number of anilines is 2. The van der Waals surface area contributed by atoms with Crippen LogP contribution in [0.3, 0.4) is 0 Å². The predicted molar refractivity (Wildman–Crippen MR) is 80.4 cm³/mol. The first-order chi connectivity index (χ1) is 10.5. The van der Waals surface area contributed by atoms with E-state index in [-0.39, 0.29) is 19.0 Å². The Balaban J connectivity index is 1.98. The van der Waals surface area contributed by atoms with Crippen LogP contribution in [-0.2, 0) is 9.59 Å². The molecule has 1 aliphatic rings. The molecule has 22 heavy (non-hydrogen) atoms. The fourth-order valence-corrected chi connectivity index (χ4v) is 2.03.